The van der Waals surface area contributed by atoms with Crippen LogP contribution in [0.5, 0.6) is 0 Å². The first kappa shape index (κ1) is 13.3. The predicted octanol–water partition coefficient (Wildman–Crippen LogP) is 3.39. The molecule has 0 unspecified atom stereocenters. The average Bonchev–Trinajstić information content (AvgIpc) is 2.53. The van der Waals surface area contributed by atoms with Crippen molar-refractivity contribution in [1.82, 2.24) is 5.32 Å². The fourth-order valence-corrected chi connectivity index (χ4v) is 3.11. The topological polar surface area (TPSA) is 32.3 Å². The lowest BCUT2D eigenvalue weighted by Gasteiger charge is -2.30. The number of aliphatic hydroxyl groups is 1. The van der Waals surface area contributed by atoms with Crippen molar-refractivity contribution in [2.24, 2.45) is 0 Å². The van der Waals surface area contributed by atoms with Crippen LogP contribution in [0.1, 0.15) is 41.6 Å². The lowest BCUT2D eigenvalue weighted by Crippen LogP contribution is -2.31. The maximum absolute atomic E-state index is 9.70. The largest absolute Gasteiger partial charge is 0.394 e. The van der Waals surface area contributed by atoms with E-state index in [0.29, 0.717) is 6.04 Å². The zero-order valence-electron chi connectivity index (χ0n) is 11.6. The van der Waals surface area contributed by atoms with Gasteiger partial charge in [-0.05, 0) is 36.0 Å². The van der Waals surface area contributed by atoms with Crippen LogP contribution < -0.4 is 5.32 Å². The molecule has 0 saturated carbocycles. The smallest absolute Gasteiger partial charge is 0.0626 e. The zero-order chi connectivity index (χ0) is 13.8. The lowest BCUT2D eigenvalue weighted by molar-refractivity contribution is 0.228. The highest BCUT2D eigenvalue weighted by molar-refractivity contribution is 5.32. The molecule has 2 heteroatoms. The summed E-state index contributed by atoms with van der Waals surface area (Å²) < 4.78 is 0. The normalized spacial score (nSPS) is 19.4. The molecule has 0 aliphatic heterocycles. The minimum absolute atomic E-state index is 0.00681. The zero-order valence-corrected chi connectivity index (χ0v) is 11.6. The number of hydrogen-bond acceptors (Lipinski definition) is 2. The second-order valence-corrected chi connectivity index (χ2v) is 5.46. The molecule has 104 valence electrons. The third-order valence-corrected chi connectivity index (χ3v) is 4.16. The van der Waals surface area contributed by atoms with Crippen LogP contribution in [-0.4, -0.2) is 11.7 Å². The molecule has 2 nitrogen and oxygen atoms in total. The molecule has 20 heavy (non-hydrogen) atoms. The van der Waals surface area contributed by atoms with Gasteiger partial charge in [0.25, 0.3) is 0 Å². The molecule has 2 aromatic carbocycles. The van der Waals surface area contributed by atoms with Crippen LogP contribution in [0.25, 0.3) is 0 Å². The summed E-state index contributed by atoms with van der Waals surface area (Å²) in [6, 6.07) is 19.2. The third-order valence-electron chi connectivity index (χ3n) is 4.16. The number of benzene rings is 2. The summed E-state index contributed by atoms with van der Waals surface area (Å²) in [6.07, 6.45) is 3.52. The van der Waals surface area contributed by atoms with Crippen molar-refractivity contribution in [3.8, 4) is 0 Å². The van der Waals surface area contributed by atoms with Gasteiger partial charge in [-0.1, -0.05) is 54.6 Å². The molecule has 0 radical (unpaired) electrons. The van der Waals surface area contributed by atoms with E-state index < -0.39 is 0 Å². The van der Waals surface area contributed by atoms with Gasteiger partial charge in [-0.15, -0.1) is 0 Å². The van der Waals surface area contributed by atoms with Gasteiger partial charge >= 0.3 is 0 Å². The van der Waals surface area contributed by atoms with Crippen LogP contribution in [0.2, 0.25) is 0 Å². The molecule has 2 atom stereocenters. The van der Waals surface area contributed by atoms with Crippen molar-refractivity contribution in [2.45, 2.75) is 31.3 Å². The Kier molecular flexibility index (Phi) is 4.14. The predicted molar refractivity (Wildman–Crippen MR) is 81.5 cm³/mol. The highest BCUT2D eigenvalue weighted by Crippen LogP contribution is 2.31. The first-order chi connectivity index (χ1) is 9.88. The molecule has 0 fully saturated rings. The van der Waals surface area contributed by atoms with E-state index in [1.807, 2.05) is 18.2 Å². The van der Waals surface area contributed by atoms with Gasteiger partial charge in [0.1, 0.15) is 0 Å². The van der Waals surface area contributed by atoms with Crippen molar-refractivity contribution in [3.63, 3.8) is 0 Å². The molecular weight excluding hydrogens is 246 g/mol. The van der Waals surface area contributed by atoms with Crippen LogP contribution in [0.3, 0.4) is 0 Å². The highest BCUT2D eigenvalue weighted by Gasteiger charge is 2.22. The molecule has 1 aliphatic carbocycles. The van der Waals surface area contributed by atoms with Gasteiger partial charge < -0.3 is 10.4 Å². The monoisotopic (exact) mass is 267 g/mol. The highest BCUT2D eigenvalue weighted by atomic mass is 16.3. The Bertz CT molecular complexity index is 552. The Morgan fingerprint density at radius 2 is 1.80 bits per heavy atom. The molecule has 0 saturated heterocycles. The third kappa shape index (κ3) is 2.77. The second-order valence-electron chi connectivity index (χ2n) is 5.46. The van der Waals surface area contributed by atoms with Crippen LogP contribution in [0.4, 0.5) is 0 Å². The summed E-state index contributed by atoms with van der Waals surface area (Å²) in [6.45, 7) is 0.128. The molecule has 0 bridgehead atoms. The van der Waals surface area contributed by atoms with E-state index in [0.717, 1.165) is 12.0 Å². The number of fused-ring (bicyclic) bond motifs is 1. The van der Waals surface area contributed by atoms with Crippen molar-refractivity contribution in [1.29, 1.82) is 0 Å². The Balaban J connectivity index is 1.81. The van der Waals surface area contributed by atoms with E-state index in [-0.39, 0.29) is 12.6 Å². The average molecular weight is 267 g/mol. The van der Waals surface area contributed by atoms with E-state index in [1.165, 1.54) is 24.0 Å². The first-order valence-corrected chi connectivity index (χ1v) is 7.38. The van der Waals surface area contributed by atoms with Gasteiger partial charge in [0.05, 0.1) is 12.6 Å². The van der Waals surface area contributed by atoms with E-state index in [2.05, 4.69) is 41.7 Å². The van der Waals surface area contributed by atoms with E-state index in [4.69, 9.17) is 0 Å². The minimum Gasteiger partial charge on any atom is -0.394 e. The molecular formula is C18H21NO. The van der Waals surface area contributed by atoms with Gasteiger partial charge in [0.2, 0.25) is 0 Å². The van der Waals surface area contributed by atoms with Gasteiger partial charge in [-0.25, -0.2) is 0 Å². The summed E-state index contributed by atoms with van der Waals surface area (Å²) in [4.78, 5) is 0. The Morgan fingerprint density at radius 3 is 2.60 bits per heavy atom. The van der Waals surface area contributed by atoms with E-state index in [9.17, 15) is 5.11 Å². The van der Waals surface area contributed by atoms with Gasteiger partial charge in [-0.3, -0.25) is 0 Å². The fourth-order valence-electron chi connectivity index (χ4n) is 3.11. The Hall–Kier alpha value is -1.64. The van der Waals surface area contributed by atoms with Gasteiger partial charge in [-0.2, -0.15) is 0 Å². The van der Waals surface area contributed by atoms with Crippen molar-refractivity contribution in [3.05, 3.63) is 71.3 Å². The number of nitrogens with one attached hydrogen (secondary N) is 1. The molecule has 0 spiro atoms. The van der Waals surface area contributed by atoms with Crippen LogP contribution >= 0.6 is 0 Å². The van der Waals surface area contributed by atoms with Gasteiger partial charge in [0, 0.05) is 6.04 Å². The second kappa shape index (κ2) is 6.21. The first-order valence-electron chi connectivity index (χ1n) is 7.38. The fraction of sp³-hybridized carbons (Fsp3) is 0.333. The van der Waals surface area contributed by atoms with Crippen molar-refractivity contribution in [2.75, 3.05) is 6.61 Å². The molecule has 2 N–H and O–H groups in total. The van der Waals surface area contributed by atoms with Gasteiger partial charge in [0.15, 0.2) is 0 Å². The summed E-state index contributed by atoms with van der Waals surface area (Å²) in [5.74, 6) is 0. The number of rotatable bonds is 4. The lowest BCUT2D eigenvalue weighted by atomic mass is 9.87. The molecule has 0 heterocycles. The maximum atomic E-state index is 9.70. The Morgan fingerprint density at radius 1 is 1.05 bits per heavy atom. The maximum Gasteiger partial charge on any atom is 0.0626 e. The standard InChI is InChI=1S/C18H21NO/c20-13-18(15-8-2-1-3-9-15)19-17-12-6-10-14-7-4-5-11-16(14)17/h1-5,7-9,11,17-20H,6,10,12-13H2/t17-,18-/m0/s1. The summed E-state index contributed by atoms with van der Waals surface area (Å²) in [5.41, 5.74) is 3.99. The number of aliphatic hydroxyl groups excluding tert-OH is 1. The quantitative estimate of drug-likeness (QED) is 0.890. The van der Waals surface area contributed by atoms with Crippen LogP contribution in [-0.2, 0) is 6.42 Å². The Labute approximate surface area is 120 Å². The van der Waals surface area contributed by atoms with E-state index >= 15 is 0 Å². The minimum atomic E-state index is 0.00681. The van der Waals surface area contributed by atoms with Crippen LogP contribution in [0.15, 0.2) is 54.6 Å². The van der Waals surface area contributed by atoms with Crippen LogP contribution in [0, 0.1) is 0 Å². The molecule has 0 aromatic heterocycles. The summed E-state index contributed by atoms with van der Waals surface area (Å²) >= 11 is 0. The van der Waals surface area contributed by atoms with E-state index in [1.54, 1.807) is 0 Å². The summed E-state index contributed by atoms with van der Waals surface area (Å²) in [5, 5.41) is 13.3. The summed E-state index contributed by atoms with van der Waals surface area (Å²) in [7, 11) is 0. The molecule has 2 aromatic rings. The molecule has 3 rings (SSSR count). The van der Waals surface area contributed by atoms with Crippen molar-refractivity contribution < 1.29 is 5.11 Å². The number of aryl methyl sites for hydroxylation is 1. The van der Waals surface area contributed by atoms with Crippen molar-refractivity contribution >= 4 is 0 Å². The molecule has 0 amide bonds. The number of hydrogen-bond donors (Lipinski definition) is 2. The molecule has 1 aliphatic rings. The SMILES string of the molecule is OC[C@H](N[C@H]1CCCc2ccccc21)c1ccccc1.